The number of aryl methyl sites for hydroxylation is 2. The zero-order valence-corrected chi connectivity index (χ0v) is 29.8. The third kappa shape index (κ3) is 8.34. The van der Waals surface area contributed by atoms with Gasteiger partial charge in [0.25, 0.3) is 0 Å². The molecule has 0 fully saturated rings. The Balaban J connectivity index is 0.000000175. The van der Waals surface area contributed by atoms with Crippen molar-refractivity contribution >= 4 is 95.7 Å². The van der Waals surface area contributed by atoms with E-state index in [9.17, 15) is 9.59 Å². The van der Waals surface area contributed by atoms with Crippen LogP contribution in [0.1, 0.15) is 34.0 Å². The molecule has 16 heteroatoms. The van der Waals surface area contributed by atoms with Crippen LogP contribution in [0.5, 0.6) is 0 Å². The van der Waals surface area contributed by atoms with Crippen molar-refractivity contribution in [2.45, 2.75) is 37.8 Å². The standard InChI is InChI=1S/C15H16N4OS2.C12H11N3S.C3H8N2OS.CH4O/c1-19-6-2-3-8-11(19)5-4-9-12(8)22-15(17-9)14-18-10(7-21-14)13(16)20;1-15-6-2-3-8-10(15)5-4-9-12(8)16-11(7-13)14-9;4-2(1-7)3(5)6;1-2/h4-5,10H,2-3,6-7H2,1H3,(H2,16,20);4-5H,2-3,6H2,1H3;2,7H,1,4H2,(H2,5,6);2H,1H3/t10-;;2-;/m1.1./s1. The molecule has 5 heterocycles. The lowest BCUT2D eigenvalue weighted by molar-refractivity contribution is -0.119. The molecule has 3 aliphatic rings. The van der Waals surface area contributed by atoms with Crippen LogP contribution in [-0.4, -0.2) is 89.8 Å². The third-order valence-electron chi connectivity index (χ3n) is 7.75. The second kappa shape index (κ2) is 16.6. The number of rotatable bonds is 4. The second-order valence-electron chi connectivity index (χ2n) is 10.9. The molecule has 0 radical (unpaired) electrons. The minimum absolute atomic E-state index is 0.315. The van der Waals surface area contributed by atoms with E-state index in [4.69, 9.17) is 32.6 Å². The number of nitriles is 1. The first-order valence-corrected chi connectivity index (χ1v) is 18.1. The maximum atomic E-state index is 11.3. The highest BCUT2D eigenvalue weighted by atomic mass is 32.2. The number of aliphatic hydroxyl groups excluding tert-OH is 1. The molecule has 2 aromatic heterocycles. The zero-order valence-electron chi connectivity index (χ0n) is 26.5. The van der Waals surface area contributed by atoms with Crippen molar-refractivity contribution in [2.75, 3.05) is 55.6 Å². The molecule has 2 aromatic carbocycles. The Labute approximate surface area is 291 Å². The molecule has 0 saturated carbocycles. The van der Waals surface area contributed by atoms with Crippen LogP contribution in [0.25, 0.3) is 20.4 Å². The molecular weight excluding hydrogens is 675 g/mol. The number of anilines is 2. The highest BCUT2D eigenvalue weighted by Gasteiger charge is 2.27. The number of amides is 2. The fraction of sp³-hybridized carbons (Fsp3) is 0.419. The topological polar surface area (TPSA) is 201 Å². The Morgan fingerprint density at radius 3 is 2.02 bits per heavy atom. The van der Waals surface area contributed by atoms with Crippen molar-refractivity contribution < 1.29 is 14.7 Å². The van der Waals surface area contributed by atoms with Crippen LogP contribution in [0.3, 0.4) is 0 Å². The molecule has 2 atom stereocenters. The van der Waals surface area contributed by atoms with Crippen LogP contribution in [0.2, 0.25) is 0 Å². The van der Waals surface area contributed by atoms with Gasteiger partial charge in [-0.25, -0.2) is 9.97 Å². The summed E-state index contributed by atoms with van der Waals surface area (Å²) >= 11 is 8.50. The number of primary amides is 2. The Morgan fingerprint density at radius 2 is 1.55 bits per heavy atom. The summed E-state index contributed by atoms with van der Waals surface area (Å²) in [6.45, 7) is 2.22. The summed E-state index contributed by atoms with van der Waals surface area (Å²) < 4.78 is 2.45. The molecule has 0 bridgehead atoms. The molecule has 0 spiro atoms. The Morgan fingerprint density at radius 1 is 1.00 bits per heavy atom. The number of thiol groups is 1. The number of hydrogen-bond donors (Lipinski definition) is 5. The van der Waals surface area contributed by atoms with Crippen LogP contribution < -0.4 is 27.0 Å². The lowest BCUT2D eigenvalue weighted by atomic mass is 10.0. The normalized spacial score (nSPS) is 17.0. The number of nitrogens with two attached hydrogens (primary N) is 3. The molecule has 7 rings (SSSR count). The molecule has 0 aliphatic carbocycles. The predicted octanol–water partition coefficient (Wildman–Crippen LogP) is 2.91. The van der Waals surface area contributed by atoms with Gasteiger partial charge >= 0.3 is 0 Å². The van der Waals surface area contributed by atoms with Crippen LogP contribution in [-0.2, 0) is 22.4 Å². The van der Waals surface area contributed by atoms with Gasteiger partial charge < -0.3 is 32.1 Å². The minimum Gasteiger partial charge on any atom is -0.400 e. The Hall–Kier alpha value is -3.46. The lowest BCUT2D eigenvalue weighted by Crippen LogP contribution is -2.37. The Kier molecular flexibility index (Phi) is 12.8. The van der Waals surface area contributed by atoms with E-state index in [1.807, 2.05) is 6.07 Å². The summed E-state index contributed by atoms with van der Waals surface area (Å²) in [6, 6.07) is 9.52. The van der Waals surface area contributed by atoms with Gasteiger partial charge in [0.05, 0.1) is 26.5 Å². The molecule has 47 heavy (non-hydrogen) atoms. The molecule has 0 saturated heterocycles. The monoisotopic (exact) mass is 713 g/mol. The van der Waals surface area contributed by atoms with Crippen molar-refractivity contribution in [1.29, 1.82) is 5.26 Å². The van der Waals surface area contributed by atoms with E-state index >= 15 is 0 Å². The average Bonchev–Trinajstić information content (AvgIpc) is 3.84. The van der Waals surface area contributed by atoms with Crippen molar-refractivity contribution in [3.05, 3.63) is 45.4 Å². The molecule has 7 N–H and O–H groups in total. The van der Waals surface area contributed by atoms with Gasteiger partial charge in [-0.05, 0) is 61.1 Å². The van der Waals surface area contributed by atoms with Gasteiger partial charge in [-0.1, -0.05) is 0 Å². The number of aromatic nitrogens is 2. The summed E-state index contributed by atoms with van der Waals surface area (Å²) in [6.07, 6.45) is 4.56. The molecule has 4 aromatic rings. The van der Waals surface area contributed by atoms with Crippen LogP contribution in [0.15, 0.2) is 29.3 Å². The third-order valence-corrected chi connectivity index (χ3v) is 11.5. The first-order valence-electron chi connectivity index (χ1n) is 14.9. The highest BCUT2D eigenvalue weighted by Crippen LogP contribution is 2.38. The summed E-state index contributed by atoms with van der Waals surface area (Å²) in [4.78, 5) is 39.3. The van der Waals surface area contributed by atoms with Crippen molar-refractivity contribution in [3.8, 4) is 6.07 Å². The first-order chi connectivity index (χ1) is 22.6. The van der Waals surface area contributed by atoms with E-state index in [-0.39, 0.29) is 5.91 Å². The molecule has 12 nitrogen and oxygen atoms in total. The number of thiazole rings is 2. The number of aliphatic imine (C=N–C) groups is 1. The number of thioether (sulfide) groups is 1. The molecular formula is C31H39N9O3S4. The summed E-state index contributed by atoms with van der Waals surface area (Å²) in [5, 5.41) is 18.2. The predicted molar refractivity (Wildman–Crippen MR) is 198 cm³/mol. The van der Waals surface area contributed by atoms with Gasteiger partial charge in [-0.15, -0.1) is 34.4 Å². The van der Waals surface area contributed by atoms with Crippen molar-refractivity contribution in [3.63, 3.8) is 0 Å². The number of carbonyl (C=O) groups excluding carboxylic acids is 2. The van der Waals surface area contributed by atoms with Crippen LogP contribution in [0, 0.1) is 11.3 Å². The molecule has 2 amide bonds. The number of fused-ring (bicyclic) bond motifs is 6. The zero-order chi connectivity index (χ0) is 34.2. The largest absolute Gasteiger partial charge is 0.400 e. The number of nitrogens with zero attached hydrogens (tertiary/aromatic N) is 6. The highest BCUT2D eigenvalue weighted by molar-refractivity contribution is 8.15. The number of carbonyl (C=O) groups is 2. The number of benzene rings is 2. The lowest BCUT2D eigenvalue weighted by Gasteiger charge is -2.27. The van der Waals surface area contributed by atoms with Gasteiger partial charge in [-0.2, -0.15) is 17.9 Å². The smallest absolute Gasteiger partial charge is 0.243 e. The van der Waals surface area contributed by atoms with Gasteiger partial charge in [0.15, 0.2) is 5.01 Å². The molecule has 0 unspecified atom stereocenters. The minimum atomic E-state index is -0.594. The van der Waals surface area contributed by atoms with E-state index < -0.39 is 18.0 Å². The van der Waals surface area contributed by atoms with Gasteiger partial charge in [0.2, 0.25) is 11.8 Å². The SMILES string of the molecule is CN1CCCc2c1ccc1nc(C#N)sc21.CN1CCCc2c1ccc1nc(C3=N[C@@H](C(N)=O)CS3)sc21.CO.NC(=O)[C@H](N)CS. The van der Waals surface area contributed by atoms with E-state index in [0.29, 0.717) is 16.5 Å². The number of aliphatic hydroxyl groups is 1. The summed E-state index contributed by atoms with van der Waals surface area (Å²) in [5.41, 5.74) is 22.5. The molecule has 250 valence electrons. The van der Waals surface area contributed by atoms with E-state index in [2.05, 4.69) is 70.8 Å². The number of hydrogen-bond acceptors (Lipinski definition) is 14. The van der Waals surface area contributed by atoms with Crippen molar-refractivity contribution in [2.24, 2.45) is 22.2 Å². The average molecular weight is 714 g/mol. The van der Waals surface area contributed by atoms with Crippen LogP contribution >= 0.6 is 47.1 Å². The molecule has 3 aliphatic heterocycles. The fourth-order valence-electron chi connectivity index (χ4n) is 5.36. The maximum Gasteiger partial charge on any atom is 0.243 e. The van der Waals surface area contributed by atoms with Gasteiger partial charge in [-0.3, -0.25) is 14.6 Å². The van der Waals surface area contributed by atoms with E-state index in [1.54, 1.807) is 23.1 Å². The van der Waals surface area contributed by atoms with Gasteiger partial charge in [0.1, 0.15) is 22.2 Å². The van der Waals surface area contributed by atoms with Crippen LogP contribution in [0.4, 0.5) is 11.4 Å². The second-order valence-corrected chi connectivity index (χ2v) is 14.2. The summed E-state index contributed by atoms with van der Waals surface area (Å²) in [7, 11) is 5.26. The fourth-order valence-corrected chi connectivity index (χ4v) is 8.73. The van der Waals surface area contributed by atoms with Crippen molar-refractivity contribution in [1.82, 2.24) is 9.97 Å². The maximum absolute atomic E-state index is 11.3. The van der Waals surface area contributed by atoms with E-state index in [0.717, 1.165) is 54.1 Å². The summed E-state index contributed by atoms with van der Waals surface area (Å²) in [5.74, 6) is 0.0779. The first kappa shape index (κ1) is 36.4. The quantitative estimate of drug-likeness (QED) is 0.196. The van der Waals surface area contributed by atoms with E-state index in [1.165, 1.54) is 56.1 Å². The van der Waals surface area contributed by atoms with Gasteiger partial charge in [0, 0.05) is 57.2 Å². The Bertz CT molecular complexity index is 1820.